The number of methoxy groups -OCH3 is 1. The molecule has 0 aliphatic heterocycles. The second kappa shape index (κ2) is 11.6. The summed E-state index contributed by atoms with van der Waals surface area (Å²) in [5.74, 6) is 0.342. The van der Waals surface area contributed by atoms with Crippen molar-refractivity contribution < 1.29 is 19.1 Å². The van der Waals surface area contributed by atoms with Gasteiger partial charge < -0.3 is 20.1 Å². The SMILES string of the molecule is COC(=O)C1CCC(n2cc(Nc3nccc(-c4ccc(CNC(=O)OC(C)(C)C)c(C)c4)n3)cn2)CC1. The lowest BCUT2D eigenvalue weighted by atomic mass is 9.86. The number of carbonyl (C=O) groups is 2. The molecule has 4 rings (SSSR count). The molecule has 10 nitrogen and oxygen atoms in total. The van der Waals surface area contributed by atoms with Crippen molar-refractivity contribution in [2.24, 2.45) is 5.92 Å². The number of benzene rings is 1. The van der Waals surface area contributed by atoms with Gasteiger partial charge in [0.15, 0.2) is 0 Å². The number of nitrogens with zero attached hydrogens (tertiary/aromatic N) is 4. The maximum atomic E-state index is 12.0. The molecule has 1 aliphatic rings. The van der Waals surface area contributed by atoms with E-state index in [2.05, 4.69) is 25.7 Å². The molecule has 0 radical (unpaired) electrons. The molecule has 1 aliphatic carbocycles. The summed E-state index contributed by atoms with van der Waals surface area (Å²) in [6, 6.07) is 8.12. The van der Waals surface area contributed by atoms with E-state index in [1.54, 1.807) is 12.4 Å². The van der Waals surface area contributed by atoms with Gasteiger partial charge in [0.25, 0.3) is 0 Å². The zero-order chi connectivity index (χ0) is 27.3. The van der Waals surface area contributed by atoms with Crippen molar-refractivity contribution in [3.05, 3.63) is 54.0 Å². The Labute approximate surface area is 223 Å². The number of ether oxygens (including phenoxy) is 2. The fourth-order valence-electron chi connectivity index (χ4n) is 4.59. The highest BCUT2D eigenvalue weighted by Crippen LogP contribution is 2.33. The minimum absolute atomic E-state index is 0.0144. The lowest BCUT2D eigenvalue weighted by Gasteiger charge is -2.26. The highest BCUT2D eigenvalue weighted by atomic mass is 16.6. The summed E-state index contributed by atoms with van der Waals surface area (Å²) in [6.45, 7) is 7.89. The Bertz CT molecular complexity index is 1270. The number of nitrogens with one attached hydrogen (secondary N) is 2. The number of aromatic nitrogens is 4. The van der Waals surface area contributed by atoms with Crippen LogP contribution in [0.5, 0.6) is 0 Å². The predicted octanol–water partition coefficient (Wildman–Crippen LogP) is 5.32. The molecule has 2 N–H and O–H groups in total. The van der Waals surface area contributed by atoms with E-state index < -0.39 is 11.7 Å². The van der Waals surface area contributed by atoms with Crippen LogP contribution in [0.3, 0.4) is 0 Å². The summed E-state index contributed by atoms with van der Waals surface area (Å²) in [6.07, 6.45) is 8.38. The third-order valence-corrected chi connectivity index (χ3v) is 6.58. The van der Waals surface area contributed by atoms with Gasteiger partial charge in [0, 0.05) is 24.5 Å². The van der Waals surface area contributed by atoms with Gasteiger partial charge in [-0.15, -0.1) is 0 Å². The van der Waals surface area contributed by atoms with E-state index in [-0.39, 0.29) is 17.9 Å². The molecule has 2 heterocycles. The summed E-state index contributed by atoms with van der Waals surface area (Å²) < 4.78 is 12.1. The second-order valence-corrected chi connectivity index (χ2v) is 10.6. The van der Waals surface area contributed by atoms with Crippen LogP contribution in [0, 0.1) is 12.8 Å². The fourth-order valence-corrected chi connectivity index (χ4v) is 4.59. The highest BCUT2D eigenvalue weighted by Gasteiger charge is 2.28. The van der Waals surface area contributed by atoms with E-state index in [4.69, 9.17) is 9.47 Å². The van der Waals surface area contributed by atoms with Gasteiger partial charge >= 0.3 is 12.1 Å². The molecule has 0 unspecified atom stereocenters. The van der Waals surface area contributed by atoms with Crippen LogP contribution in [0.25, 0.3) is 11.3 Å². The molecule has 1 saturated carbocycles. The highest BCUT2D eigenvalue weighted by molar-refractivity contribution is 5.72. The standard InChI is InChI=1S/C28H36N6O4/c1-18-14-20(6-7-21(18)15-30-27(36)38-28(2,3)4)24-12-13-29-26(33-24)32-22-16-31-34(17-22)23-10-8-19(9-11-23)25(35)37-5/h6-7,12-14,16-17,19,23H,8-11,15H2,1-5H3,(H,30,36)(H,29,32,33). The largest absolute Gasteiger partial charge is 0.469 e. The maximum absolute atomic E-state index is 12.0. The third kappa shape index (κ3) is 7.08. The Morgan fingerprint density at radius 2 is 1.89 bits per heavy atom. The molecule has 10 heteroatoms. The smallest absolute Gasteiger partial charge is 0.407 e. The van der Waals surface area contributed by atoms with Crippen LogP contribution in [0.1, 0.15) is 63.6 Å². The molecule has 38 heavy (non-hydrogen) atoms. The first-order valence-electron chi connectivity index (χ1n) is 12.9. The minimum atomic E-state index is -0.536. The number of esters is 1. The van der Waals surface area contributed by atoms with Gasteiger partial charge in [0.2, 0.25) is 5.95 Å². The Kier molecular flexibility index (Phi) is 8.29. The van der Waals surface area contributed by atoms with Gasteiger partial charge in [-0.25, -0.2) is 14.8 Å². The average molecular weight is 521 g/mol. The van der Waals surface area contributed by atoms with E-state index in [1.165, 1.54) is 7.11 Å². The van der Waals surface area contributed by atoms with Gasteiger partial charge in [0.05, 0.1) is 36.6 Å². The predicted molar refractivity (Wildman–Crippen MR) is 144 cm³/mol. The van der Waals surface area contributed by atoms with Crippen LogP contribution in [-0.2, 0) is 20.8 Å². The third-order valence-electron chi connectivity index (χ3n) is 6.58. The van der Waals surface area contributed by atoms with Crippen LogP contribution in [0.4, 0.5) is 16.4 Å². The summed E-state index contributed by atoms with van der Waals surface area (Å²) in [4.78, 5) is 32.8. The van der Waals surface area contributed by atoms with E-state index in [1.807, 2.05) is 62.8 Å². The lowest BCUT2D eigenvalue weighted by molar-refractivity contribution is -0.146. The number of alkyl carbamates (subject to hydrolysis) is 1. The second-order valence-electron chi connectivity index (χ2n) is 10.6. The Morgan fingerprint density at radius 1 is 1.13 bits per heavy atom. The average Bonchev–Trinajstić information content (AvgIpc) is 3.35. The van der Waals surface area contributed by atoms with Crippen LogP contribution in [0.2, 0.25) is 0 Å². The monoisotopic (exact) mass is 520 g/mol. The van der Waals surface area contributed by atoms with Gasteiger partial charge in [0.1, 0.15) is 5.60 Å². The Hall–Kier alpha value is -3.95. The number of aryl methyl sites for hydroxylation is 1. The molecule has 2 aromatic heterocycles. The zero-order valence-electron chi connectivity index (χ0n) is 22.7. The van der Waals surface area contributed by atoms with E-state index in [0.29, 0.717) is 12.5 Å². The molecule has 202 valence electrons. The minimum Gasteiger partial charge on any atom is -0.469 e. The fraction of sp³-hybridized carbons (Fsp3) is 0.464. The lowest BCUT2D eigenvalue weighted by Crippen LogP contribution is -2.32. The first-order chi connectivity index (χ1) is 18.1. The summed E-state index contributed by atoms with van der Waals surface area (Å²) in [5, 5.41) is 10.6. The molecular weight excluding hydrogens is 484 g/mol. The number of rotatable bonds is 7. The van der Waals surface area contributed by atoms with Crippen LogP contribution in [0.15, 0.2) is 42.9 Å². The van der Waals surface area contributed by atoms with E-state index in [0.717, 1.165) is 53.8 Å². The number of hydrogen-bond acceptors (Lipinski definition) is 8. The van der Waals surface area contributed by atoms with Crippen LogP contribution >= 0.6 is 0 Å². The number of amides is 1. The molecule has 0 atom stereocenters. The topological polar surface area (TPSA) is 120 Å². The molecule has 1 fully saturated rings. The molecule has 1 amide bonds. The first kappa shape index (κ1) is 27.1. The number of anilines is 2. The number of carbonyl (C=O) groups excluding carboxylic acids is 2. The van der Waals surface area contributed by atoms with Crippen molar-refractivity contribution in [3.63, 3.8) is 0 Å². The summed E-state index contributed by atoms with van der Waals surface area (Å²) in [7, 11) is 1.44. The van der Waals surface area contributed by atoms with Gasteiger partial charge in [-0.3, -0.25) is 9.48 Å². The maximum Gasteiger partial charge on any atom is 0.407 e. The van der Waals surface area contributed by atoms with Crippen molar-refractivity contribution in [3.8, 4) is 11.3 Å². The normalized spacial score (nSPS) is 17.5. The van der Waals surface area contributed by atoms with E-state index >= 15 is 0 Å². The van der Waals surface area contributed by atoms with Gasteiger partial charge in [-0.2, -0.15) is 5.10 Å². The van der Waals surface area contributed by atoms with Crippen molar-refractivity contribution in [2.75, 3.05) is 12.4 Å². The molecule has 0 bridgehead atoms. The Morgan fingerprint density at radius 3 is 2.58 bits per heavy atom. The van der Waals surface area contributed by atoms with Crippen molar-refractivity contribution in [2.45, 2.75) is 71.6 Å². The van der Waals surface area contributed by atoms with Crippen molar-refractivity contribution in [1.82, 2.24) is 25.1 Å². The van der Waals surface area contributed by atoms with Gasteiger partial charge in [-0.05, 0) is 76.6 Å². The summed E-state index contributed by atoms with van der Waals surface area (Å²) >= 11 is 0. The first-order valence-corrected chi connectivity index (χ1v) is 12.9. The van der Waals surface area contributed by atoms with Crippen LogP contribution in [-0.4, -0.2) is 44.5 Å². The summed E-state index contributed by atoms with van der Waals surface area (Å²) in [5.41, 5.74) is 4.04. The zero-order valence-corrected chi connectivity index (χ0v) is 22.7. The molecular formula is C28H36N6O4. The molecule has 1 aromatic carbocycles. The van der Waals surface area contributed by atoms with E-state index in [9.17, 15) is 9.59 Å². The molecule has 3 aromatic rings. The molecule has 0 spiro atoms. The molecule has 0 saturated heterocycles. The Balaban J connectivity index is 1.37. The van der Waals surface area contributed by atoms with Crippen molar-refractivity contribution >= 4 is 23.7 Å². The van der Waals surface area contributed by atoms with Crippen molar-refractivity contribution in [1.29, 1.82) is 0 Å². The van der Waals surface area contributed by atoms with Gasteiger partial charge in [-0.1, -0.05) is 12.1 Å². The quantitative estimate of drug-likeness (QED) is 0.402. The van der Waals surface area contributed by atoms with Crippen LogP contribution < -0.4 is 10.6 Å². The number of hydrogen-bond donors (Lipinski definition) is 2.